The van der Waals surface area contributed by atoms with Gasteiger partial charge in [-0.1, -0.05) is 30.3 Å². The maximum absolute atomic E-state index is 12.8. The highest BCUT2D eigenvalue weighted by Crippen LogP contribution is 2.21. The van der Waals surface area contributed by atoms with Crippen LogP contribution in [0.1, 0.15) is 21.0 Å². The van der Waals surface area contributed by atoms with Crippen LogP contribution in [0.15, 0.2) is 60.7 Å². The average molecular weight is 347 g/mol. The molecule has 0 saturated heterocycles. The smallest absolute Gasteiger partial charge is 0.356 e. The Morgan fingerprint density at radius 2 is 1.77 bits per heavy atom. The SMILES string of the molecule is O=C(O)c1cc(C(=O)Nc2n[nH]c3ccccc23)n(-c2ccccc2)n1. The van der Waals surface area contributed by atoms with Gasteiger partial charge in [0.2, 0.25) is 0 Å². The Kier molecular flexibility index (Phi) is 3.70. The van der Waals surface area contributed by atoms with Gasteiger partial charge in [0.25, 0.3) is 5.91 Å². The van der Waals surface area contributed by atoms with E-state index in [0.29, 0.717) is 11.5 Å². The monoisotopic (exact) mass is 347 g/mol. The van der Waals surface area contributed by atoms with Crippen LogP contribution in [-0.2, 0) is 0 Å². The third-order valence-corrected chi connectivity index (χ3v) is 3.86. The minimum absolute atomic E-state index is 0.0979. The number of amides is 1. The van der Waals surface area contributed by atoms with Gasteiger partial charge in [0.1, 0.15) is 5.69 Å². The highest BCUT2D eigenvalue weighted by Gasteiger charge is 2.21. The standard InChI is InChI=1S/C18H13N5O3/c24-17(19-16-12-8-4-5-9-13(12)20-21-16)15-10-14(18(25)26)22-23(15)11-6-2-1-3-7-11/h1-10H,(H,25,26)(H2,19,20,21,24). The van der Waals surface area contributed by atoms with Crippen molar-refractivity contribution in [2.75, 3.05) is 5.32 Å². The number of carboxylic acids is 1. The van der Waals surface area contributed by atoms with Crippen molar-refractivity contribution in [2.45, 2.75) is 0 Å². The molecular formula is C18H13N5O3. The van der Waals surface area contributed by atoms with Crippen molar-refractivity contribution in [1.29, 1.82) is 0 Å². The molecule has 0 atom stereocenters. The Balaban J connectivity index is 1.74. The second-order valence-electron chi connectivity index (χ2n) is 5.54. The number of carbonyl (C=O) groups is 2. The summed E-state index contributed by atoms with van der Waals surface area (Å²) in [5.41, 5.74) is 1.24. The predicted molar refractivity (Wildman–Crippen MR) is 94.6 cm³/mol. The van der Waals surface area contributed by atoms with Gasteiger partial charge >= 0.3 is 5.97 Å². The fraction of sp³-hybridized carbons (Fsp3) is 0. The molecule has 4 rings (SSSR count). The number of rotatable bonds is 4. The molecule has 2 aromatic heterocycles. The van der Waals surface area contributed by atoms with Crippen molar-refractivity contribution in [3.05, 3.63) is 72.1 Å². The van der Waals surface area contributed by atoms with E-state index in [1.54, 1.807) is 24.3 Å². The fourth-order valence-electron chi connectivity index (χ4n) is 2.64. The predicted octanol–water partition coefficient (Wildman–Crippen LogP) is 2.70. The molecule has 0 spiro atoms. The van der Waals surface area contributed by atoms with Crippen LogP contribution in [0.2, 0.25) is 0 Å². The molecule has 2 aromatic carbocycles. The van der Waals surface area contributed by atoms with Crippen molar-refractivity contribution < 1.29 is 14.7 Å². The second-order valence-corrected chi connectivity index (χ2v) is 5.54. The number of carbonyl (C=O) groups excluding carboxylic acids is 1. The fourth-order valence-corrected chi connectivity index (χ4v) is 2.64. The first kappa shape index (κ1) is 15.6. The summed E-state index contributed by atoms with van der Waals surface area (Å²) in [5, 5.41) is 23.6. The largest absolute Gasteiger partial charge is 0.476 e. The van der Waals surface area contributed by atoms with E-state index in [9.17, 15) is 14.7 Å². The minimum Gasteiger partial charge on any atom is -0.476 e. The van der Waals surface area contributed by atoms with Crippen LogP contribution in [0.3, 0.4) is 0 Å². The van der Waals surface area contributed by atoms with E-state index in [4.69, 9.17) is 0 Å². The molecule has 0 aliphatic rings. The lowest BCUT2D eigenvalue weighted by molar-refractivity contribution is 0.0690. The quantitative estimate of drug-likeness (QED) is 0.525. The van der Waals surface area contributed by atoms with E-state index in [-0.39, 0.29) is 11.4 Å². The number of para-hydroxylation sites is 2. The summed E-state index contributed by atoms with van der Waals surface area (Å²) in [6, 6.07) is 17.4. The summed E-state index contributed by atoms with van der Waals surface area (Å²) in [7, 11) is 0. The highest BCUT2D eigenvalue weighted by molar-refractivity contribution is 6.08. The van der Waals surface area contributed by atoms with Crippen molar-refractivity contribution in [2.24, 2.45) is 0 Å². The van der Waals surface area contributed by atoms with Gasteiger partial charge in [0, 0.05) is 11.5 Å². The molecule has 8 heteroatoms. The summed E-state index contributed by atoms with van der Waals surface area (Å²) < 4.78 is 1.30. The topological polar surface area (TPSA) is 113 Å². The Hall–Kier alpha value is -3.94. The van der Waals surface area contributed by atoms with E-state index < -0.39 is 11.9 Å². The lowest BCUT2D eigenvalue weighted by atomic mass is 10.2. The number of fused-ring (bicyclic) bond motifs is 1. The van der Waals surface area contributed by atoms with Crippen LogP contribution in [-0.4, -0.2) is 37.0 Å². The molecule has 0 aliphatic carbocycles. The first-order valence-electron chi connectivity index (χ1n) is 7.77. The van der Waals surface area contributed by atoms with E-state index >= 15 is 0 Å². The molecular weight excluding hydrogens is 334 g/mol. The Bertz CT molecular complexity index is 1110. The van der Waals surface area contributed by atoms with Gasteiger partial charge in [0.05, 0.1) is 11.2 Å². The van der Waals surface area contributed by atoms with Gasteiger partial charge < -0.3 is 10.4 Å². The van der Waals surface area contributed by atoms with E-state index in [2.05, 4.69) is 20.6 Å². The number of H-pyrrole nitrogens is 1. The molecule has 0 bridgehead atoms. The molecule has 1 amide bonds. The van der Waals surface area contributed by atoms with Crippen LogP contribution in [0.5, 0.6) is 0 Å². The highest BCUT2D eigenvalue weighted by atomic mass is 16.4. The summed E-state index contributed by atoms with van der Waals surface area (Å²) in [5.74, 6) is -1.35. The average Bonchev–Trinajstić information content (AvgIpc) is 3.28. The maximum atomic E-state index is 12.8. The molecule has 0 radical (unpaired) electrons. The van der Waals surface area contributed by atoms with Gasteiger partial charge in [-0.05, 0) is 24.3 Å². The summed E-state index contributed by atoms with van der Waals surface area (Å²) in [6.07, 6.45) is 0. The lowest BCUT2D eigenvalue weighted by Crippen LogP contribution is -2.17. The van der Waals surface area contributed by atoms with Crippen molar-refractivity contribution in [3.8, 4) is 5.69 Å². The number of hydrogen-bond acceptors (Lipinski definition) is 4. The number of aromatic nitrogens is 4. The molecule has 0 aliphatic heterocycles. The van der Waals surface area contributed by atoms with Gasteiger partial charge in [-0.2, -0.15) is 10.2 Å². The van der Waals surface area contributed by atoms with Gasteiger partial charge in [-0.15, -0.1) is 0 Å². The number of nitrogens with one attached hydrogen (secondary N) is 2. The molecule has 4 aromatic rings. The number of benzene rings is 2. The number of aromatic amines is 1. The molecule has 26 heavy (non-hydrogen) atoms. The van der Waals surface area contributed by atoms with Gasteiger partial charge in [-0.25, -0.2) is 9.48 Å². The number of aromatic carboxylic acids is 1. The summed E-state index contributed by atoms with van der Waals surface area (Å²) in [6.45, 7) is 0. The lowest BCUT2D eigenvalue weighted by Gasteiger charge is -2.07. The van der Waals surface area contributed by atoms with Crippen LogP contribution in [0.25, 0.3) is 16.6 Å². The first-order valence-corrected chi connectivity index (χ1v) is 7.77. The molecule has 128 valence electrons. The van der Waals surface area contributed by atoms with Crippen LogP contribution in [0, 0.1) is 0 Å². The maximum Gasteiger partial charge on any atom is 0.356 e. The normalized spacial score (nSPS) is 10.8. The van der Waals surface area contributed by atoms with Crippen LogP contribution in [0.4, 0.5) is 5.82 Å². The number of anilines is 1. The van der Waals surface area contributed by atoms with Crippen LogP contribution < -0.4 is 5.32 Å². The molecule has 3 N–H and O–H groups in total. The Morgan fingerprint density at radius 3 is 2.54 bits per heavy atom. The minimum atomic E-state index is -1.21. The third-order valence-electron chi connectivity index (χ3n) is 3.86. The van der Waals surface area contributed by atoms with Crippen molar-refractivity contribution in [3.63, 3.8) is 0 Å². The number of carboxylic acid groups (broad SMARTS) is 1. The summed E-state index contributed by atoms with van der Waals surface area (Å²) in [4.78, 5) is 24.1. The zero-order valence-corrected chi connectivity index (χ0v) is 13.4. The Labute approximate surface area is 147 Å². The molecule has 8 nitrogen and oxygen atoms in total. The van der Waals surface area contributed by atoms with Crippen molar-refractivity contribution >= 4 is 28.6 Å². The molecule has 2 heterocycles. The van der Waals surface area contributed by atoms with E-state index in [0.717, 1.165) is 10.9 Å². The number of hydrogen-bond donors (Lipinski definition) is 3. The first-order chi connectivity index (χ1) is 12.6. The summed E-state index contributed by atoms with van der Waals surface area (Å²) >= 11 is 0. The van der Waals surface area contributed by atoms with Gasteiger partial charge in [0.15, 0.2) is 11.5 Å². The van der Waals surface area contributed by atoms with Gasteiger partial charge in [-0.3, -0.25) is 9.89 Å². The van der Waals surface area contributed by atoms with Crippen molar-refractivity contribution in [1.82, 2.24) is 20.0 Å². The molecule has 0 fully saturated rings. The van der Waals surface area contributed by atoms with Crippen LogP contribution >= 0.6 is 0 Å². The van der Waals surface area contributed by atoms with E-state index in [1.165, 1.54) is 10.7 Å². The second kappa shape index (κ2) is 6.17. The number of nitrogens with zero attached hydrogens (tertiary/aromatic N) is 3. The zero-order chi connectivity index (χ0) is 18.1. The zero-order valence-electron chi connectivity index (χ0n) is 13.4. The van der Waals surface area contributed by atoms with E-state index in [1.807, 2.05) is 30.3 Å². The Morgan fingerprint density at radius 1 is 1.04 bits per heavy atom. The molecule has 0 saturated carbocycles. The third kappa shape index (κ3) is 2.69. The molecule has 0 unspecified atom stereocenters.